The number of carbonyl (C=O) groups excluding carboxylic acids is 2. The first-order chi connectivity index (χ1) is 13.6. The fourth-order valence-electron chi connectivity index (χ4n) is 3.43. The van der Waals surface area contributed by atoms with E-state index in [1.165, 1.54) is 11.3 Å². The van der Waals surface area contributed by atoms with Crippen LogP contribution >= 0.6 is 11.3 Å². The Hall–Kier alpha value is -2.99. The number of nitrogens with one attached hydrogen (secondary N) is 1. The molecular formula is C22H21N3O2S. The molecule has 1 aliphatic heterocycles. The van der Waals surface area contributed by atoms with Gasteiger partial charge in [0, 0.05) is 18.1 Å². The highest BCUT2D eigenvalue weighted by Gasteiger charge is 2.49. The van der Waals surface area contributed by atoms with Gasteiger partial charge in [0.1, 0.15) is 5.54 Å². The predicted molar refractivity (Wildman–Crippen MR) is 111 cm³/mol. The van der Waals surface area contributed by atoms with E-state index in [1.807, 2.05) is 49.4 Å². The van der Waals surface area contributed by atoms with Crippen molar-refractivity contribution in [3.05, 3.63) is 71.7 Å². The molecule has 0 aliphatic carbocycles. The first kappa shape index (κ1) is 18.4. The average Bonchev–Trinajstić information content (AvgIpc) is 3.20. The van der Waals surface area contributed by atoms with Crippen LogP contribution in [0.3, 0.4) is 0 Å². The molecule has 6 heteroatoms. The molecule has 3 aromatic rings. The average molecular weight is 391 g/mol. The van der Waals surface area contributed by atoms with Gasteiger partial charge in [0.2, 0.25) is 5.91 Å². The van der Waals surface area contributed by atoms with E-state index in [-0.39, 0.29) is 18.2 Å². The summed E-state index contributed by atoms with van der Waals surface area (Å²) >= 11 is 1.37. The summed E-state index contributed by atoms with van der Waals surface area (Å²) in [5.74, 6) is -0.211. The lowest BCUT2D eigenvalue weighted by Gasteiger charge is -2.49. The Morgan fingerprint density at radius 2 is 1.82 bits per heavy atom. The number of benzene rings is 2. The third kappa shape index (κ3) is 3.55. The first-order valence-electron chi connectivity index (χ1n) is 9.22. The maximum absolute atomic E-state index is 12.8. The maximum atomic E-state index is 12.8. The van der Waals surface area contributed by atoms with Gasteiger partial charge in [0.05, 0.1) is 6.42 Å². The Kier molecular flexibility index (Phi) is 4.96. The largest absolute Gasteiger partial charge is 0.328 e. The van der Waals surface area contributed by atoms with Crippen LogP contribution in [0.15, 0.2) is 66.2 Å². The van der Waals surface area contributed by atoms with Gasteiger partial charge in [0.25, 0.3) is 5.91 Å². The lowest BCUT2D eigenvalue weighted by molar-refractivity contribution is -0.154. The molecule has 28 heavy (non-hydrogen) atoms. The van der Waals surface area contributed by atoms with Crippen LogP contribution in [0, 0.1) is 0 Å². The van der Waals surface area contributed by atoms with Crippen LogP contribution in [0.2, 0.25) is 0 Å². The third-order valence-corrected chi connectivity index (χ3v) is 5.97. The molecule has 0 saturated carbocycles. The fraction of sp³-hybridized carbons (Fsp3) is 0.227. The highest BCUT2D eigenvalue weighted by atomic mass is 32.1. The van der Waals surface area contributed by atoms with E-state index in [1.54, 1.807) is 16.5 Å². The number of anilines is 1. The number of aromatic nitrogens is 1. The highest BCUT2D eigenvalue weighted by Crippen LogP contribution is 2.32. The van der Waals surface area contributed by atoms with E-state index in [9.17, 15) is 9.59 Å². The van der Waals surface area contributed by atoms with Gasteiger partial charge >= 0.3 is 0 Å². The molecular weight excluding hydrogens is 370 g/mol. The quantitative estimate of drug-likeness (QED) is 0.716. The standard InChI is InChI=1S/C22H21N3O2S/c1-22(20(27)24-21-23-12-14-28-21)11-13-25(22)19(26)15-16-7-9-18(10-8-16)17-5-3-2-4-6-17/h2-10,12,14H,11,13,15H2,1H3,(H,23,24,27). The van der Waals surface area contributed by atoms with Crippen LogP contribution in [0.4, 0.5) is 5.13 Å². The minimum atomic E-state index is -0.813. The molecule has 142 valence electrons. The van der Waals surface area contributed by atoms with Gasteiger partial charge in [-0.15, -0.1) is 11.3 Å². The van der Waals surface area contributed by atoms with Gasteiger partial charge in [-0.2, -0.15) is 0 Å². The molecule has 0 spiro atoms. The summed E-state index contributed by atoms with van der Waals surface area (Å²) in [5, 5.41) is 5.18. The van der Waals surface area contributed by atoms with Crippen molar-refractivity contribution in [2.75, 3.05) is 11.9 Å². The van der Waals surface area contributed by atoms with E-state index in [4.69, 9.17) is 0 Å². The molecule has 0 radical (unpaired) electrons. The Balaban J connectivity index is 1.41. The SMILES string of the molecule is CC1(C(=O)Nc2nccs2)CCN1C(=O)Cc1ccc(-c2ccccc2)cc1. The number of thiazole rings is 1. The van der Waals surface area contributed by atoms with Crippen LogP contribution in [0.1, 0.15) is 18.9 Å². The number of hydrogen-bond donors (Lipinski definition) is 1. The van der Waals surface area contributed by atoms with E-state index < -0.39 is 5.54 Å². The summed E-state index contributed by atoms with van der Waals surface area (Å²) in [6, 6.07) is 18.2. The maximum Gasteiger partial charge on any atom is 0.251 e. The van der Waals surface area contributed by atoms with Crippen LogP contribution in [-0.4, -0.2) is 33.8 Å². The smallest absolute Gasteiger partial charge is 0.251 e. The number of carbonyl (C=O) groups is 2. The van der Waals surface area contributed by atoms with Gasteiger partial charge in [-0.05, 0) is 30.0 Å². The zero-order chi connectivity index (χ0) is 19.6. The zero-order valence-corrected chi connectivity index (χ0v) is 16.4. The molecule has 5 nitrogen and oxygen atoms in total. The van der Waals surface area contributed by atoms with Crippen molar-refractivity contribution in [1.29, 1.82) is 0 Å². The van der Waals surface area contributed by atoms with E-state index >= 15 is 0 Å². The number of likely N-dealkylation sites (tertiary alicyclic amines) is 1. The molecule has 1 atom stereocenters. The van der Waals surface area contributed by atoms with Gasteiger partial charge in [-0.25, -0.2) is 4.98 Å². The van der Waals surface area contributed by atoms with Crippen molar-refractivity contribution in [2.45, 2.75) is 25.3 Å². The zero-order valence-electron chi connectivity index (χ0n) is 15.6. The van der Waals surface area contributed by atoms with Gasteiger partial charge < -0.3 is 4.90 Å². The molecule has 2 heterocycles. The molecule has 1 N–H and O–H groups in total. The molecule has 4 rings (SSSR count). The molecule has 2 aromatic carbocycles. The number of nitrogens with zero attached hydrogens (tertiary/aromatic N) is 2. The normalized spacial score (nSPS) is 18.4. The fourth-order valence-corrected chi connectivity index (χ4v) is 3.95. The van der Waals surface area contributed by atoms with Crippen LogP contribution in [0.25, 0.3) is 11.1 Å². The van der Waals surface area contributed by atoms with Crippen molar-refractivity contribution >= 4 is 28.3 Å². The van der Waals surface area contributed by atoms with Crippen LogP contribution in [0.5, 0.6) is 0 Å². The van der Waals surface area contributed by atoms with Crippen molar-refractivity contribution in [3.8, 4) is 11.1 Å². The van der Waals surface area contributed by atoms with Crippen LogP contribution in [-0.2, 0) is 16.0 Å². The molecule has 1 unspecified atom stereocenters. The molecule has 1 aliphatic rings. The van der Waals surface area contributed by atoms with Crippen molar-refractivity contribution in [2.24, 2.45) is 0 Å². The van der Waals surface area contributed by atoms with E-state index in [2.05, 4.69) is 22.4 Å². The summed E-state index contributed by atoms with van der Waals surface area (Å²) in [6.07, 6.45) is 2.59. The Morgan fingerprint density at radius 3 is 2.43 bits per heavy atom. The second-order valence-electron chi connectivity index (χ2n) is 7.10. The molecule has 2 amide bonds. The minimum Gasteiger partial charge on any atom is -0.328 e. The molecule has 1 fully saturated rings. The van der Waals surface area contributed by atoms with Crippen molar-refractivity contribution in [1.82, 2.24) is 9.88 Å². The lowest BCUT2D eigenvalue weighted by atomic mass is 9.85. The molecule has 1 saturated heterocycles. The second kappa shape index (κ2) is 7.56. The van der Waals surface area contributed by atoms with E-state index in [0.29, 0.717) is 18.1 Å². The number of hydrogen-bond acceptors (Lipinski definition) is 4. The number of rotatable bonds is 5. The minimum absolute atomic E-state index is 0.0319. The summed E-state index contributed by atoms with van der Waals surface area (Å²) in [4.78, 5) is 31.2. The highest BCUT2D eigenvalue weighted by molar-refractivity contribution is 7.13. The second-order valence-corrected chi connectivity index (χ2v) is 7.99. The number of amides is 2. The predicted octanol–water partition coefficient (Wildman–Crippen LogP) is 3.98. The van der Waals surface area contributed by atoms with Gasteiger partial charge in [-0.1, -0.05) is 54.6 Å². The Morgan fingerprint density at radius 1 is 1.11 bits per heavy atom. The van der Waals surface area contributed by atoms with Crippen LogP contribution < -0.4 is 5.32 Å². The summed E-state index contributed by atoms with van der Waals surface area (Å²) in [5.41, 5.74) is 2.40. The van der Waals surface area contributed by atoms with Crippen molar-refractivity contribution < 1.29 is 9.59 Å². The summed E-state index contributed by atoms with van der Waals surface area (Å²) in [6.45, 7) is 2.42. The monoisotopic (exact) mass is 391 g/mol. The summed E-state index contributed by atoms with van der Waals surface area (Å²) < 4.78 is 0. The Bertz CT molecular complexity index is 971. The topological polar surface area (TPSA) is 62.3 Å². The summed E-state index contributed by atoms with van der Waals surface area (Å²) in [7, 11) is 0. The molecule has 0 bridgehead atoms. The third-order valence-electron chi connectivity index (χ3n) is 5.28. The lowest BCUT2D eigenvalue weighted by Crippen LogP contribution is -2.66. The van der Waals surface area contributed by atoms with E-state index in [0.717, 1.165) is 16.7 Å². The Labute approximate surface area is 168 Å². The van der Waals surface area contributed by atoms with Crippen molar-refractivity contribution in [3.63, 3.8) is 0 Å². The molecule has 1 aromatic heterocycles. The first-order valence-corrected chi connectivity index (χ1v) is 10.1. The van der Waals surface area contributed by atoms with Gasteiger partial charge in [0.15, 0.2) is 5.13 Å². The van der Waals surface area contributed by atoms with Gasteiger partial charge in [-0.3, -0.25) is 14.9 Å².